The lowest BCUT2D eigenvalue weighted by molar-refractivity contribution is 0.109. The van der Waals surface area contributed by atoms with Crippen molar-refractivity contribution in [3.05, 3.63) is 34.9 Å². The summed E-state index contributed by atoms with van der Waals surface area (Å²) in [6.07, 6.45) is 0. The molecule has 0 radical (unpaired) electrons. The number of rotatable bonds is 1. The average Bonchev–Trinajstić information content (AvgIpc) is 2.01. The van der Waals surface area contributed by atoms with Crippen LogP contribution in [-0.4, -0.2) is 5.12 Å². The number of hydrogen-bond donors (Lipinski definition) is 1. The number of carbonyl (C=O) groups is 1. The second-order valence-electron chi connectivity index (χ2n) is 2.76. The molecule has 64 valence electrons. The van der Waals surface area contributed by atoms with Crippen LogP contribution in [0.5, 0.6) is 0 Å². The van der Waals surface area contributed by atoms with Crippen molar-refractivity contribution >= 4 is 27.6 Å². The number of benzene rings is 1. The van der Waals surface area contributed by atoms with Crippen LogP contribution in [0.1, 0.15) is 21.5 Å². The second kappa shape index (κ2) is 4.01. The third-order valence-electron chi connectivity index (χ3n) is 1.54. The Balaban J connectivity index is 3.08. The van der Waals surface area contributed by atoms with Crippen LogP contribution < -0.4 is 0 Å². The Hall–Kier alpha value is -0.410. The minimum absolute atomic E-state index is 0.00475. The Morgan fingerprint density at radius 3 is 2.17 bits per heavy atom. The van der Waals surface area contributed by atoms with Crippen LogP contribution in [0, 0.1) is 13.8 Å². The van der Waals surface area contributed by atoms with E-state index in [1.165, 1.54) is 0 Å². The SMILES string of the molecule is Cc1cc(C)cc(C(=O)SS)c1. The third kappa shape index (κ3) is 2.29. The molecule has 1 aromatic rings. The van der Waals surface area contributed by atoms with Gasteiger partial charge in [0.25, 0.3) is 0 Å². The van der Waals surface area contributed by atoms with Gasteiger partial charge in [-0.25, -0.2) is 0 Å². The maximum Gasteiger partial charge on any atom is 0.229 e. The summed E-state index contributed by atoms with van der Waals surface area (Å²) in [6, 6.07) is 5.79. The molecule has 0 aliphatic carbocycles. The Labute approximate surface area is 81.4 Å². The fraction of sp³-hybridized carbons (Fsp3) is 0.222. The zero-order valence-electron chi connectivity index (χ0n) is 7.00. The molecule has 0 aromatic heterocycles. The van der Waals surface area contributed by atoms with Gasteiger partial charge in [0.2, 0.25) is 5.12 Å². The van der Waals surface area contributed by atoms with Crippen LogP contribution in [0.4, 0.5) is 0 Å². The predicted octanol–water partition coefficient (Wildman–Crippen LogP) is 3.02. The van der Waals surface area contributed by atoms with Crippen molar-refractivity contribution < 1.29 is 4.79 Å². The van der Waals surface area contributed by atoms with Crippen molar-refractivity contribution in [3.8, 4) is 0 Å². The molecule has 0 unspecified atom stereocenters. The summed E-state index contributed by atoms with van der Waals surface area (Å²) in [4.78, 5) is 11.2. The van der Waals surface area contributed by atoms with Gasteiger partial charge in [0.05, 0.1) is 0 Å². The van der Waals surface area contributed by atoms with E-state index in [9.17, 15) is 4.79 Å². The first-order valence-corrected chi connectivity index (χ1v) is 5.44. The van der Waals surface area contributed by atoms with E-state index < -0.39 is 0 Å². The highest BCUT2D eigenvalue weighted by Gasteiger charge is 2.04. The molecule has 0 aliphatic rings. The third-order valence-corrected chi connectivity index (χ3v) is 2.44. The maximum absolute atomic E-state index is 11.2. The van der Waals surface area contributed by atoms with E-state index in [1.54, 1.807) is 0 Å². The summed E-state index contributed by atoms with van der Waals surface area (Å²) in [6.45, 7) is 3.96. The van der Waals surface area contributed by atoms with E-state index in [0.29, 0.717) is 0 Å². The summed E-state index contributed by atoms with van der Waals surface area (Å²) >= 11 is 3.86. The molecule has 0 aliphatic heterocycles. The quantitative estimate of drug-likeness (QED) is 0.552. The van der Waals surface area contributed by atoms with Crippen LogP contribution in [0.25, 0.3) is 0 Å². The van der Waals surface area contributed by atoms with Crippen molar-refractivity contribution in [1.29, 1.82) is 0 Å². The molecule has 0 fully saturated rings. The highest BCUT2D eigenvalue weighted by Crippen LogP contribution is 2.17. The molecular weight excluding hydrogens is 188 g/mol. The molecule has 0 N–H and O–H groups in total. The van der Waals surface area contributed by atoms with Crippen LogP contribution in [0.15, 0.2) is 18.2 Å². The van der Waals surface area contributed by atoms with E-state index in [2.05, 4.69) is 11.7 Å². The monoisotopic (exact) mass is 198 g/mol. The maximum atomic E-state index is 11.2. The smallest absolute Gasteiger partial charge is 0.229 e. The molecule has 0 saturated heterocycles. The molecule has 1 nitrogen and oxygen atoms in total. The molecule has 0 saturated carbocycles. The summed E-state index contributed by atoms with van der Waals surface area (Å²) in [5.74, 6) is 0. The van der Waals surface area contributed by atoms with Gasteiger partial charge in [-0.15, -0.1) is 11.7 Å². The lowest BCUT2D eigenvalue weighted by atomic mass is 10.1. The van der Waals surface area contributed by atoms with Crippen molar-refractivity contribution in [1.82, 2.24) is 0 Å². The largest absolute Gasteiger partial charge is 0.281 e. The Morgan fingerprint density at radius 2 is 1.75 bits per heavy atom. The molecule has 0 bridgehead atoms. The minimum atomic E-state index is 0.00475. The van der Waals surface area contributed by atoms with Crippen LogP contribution in [0.2, 0.25) is 0 Å². The van der Waals surface area contributed by atoms with Crippen molar-refractivity contribution in [2.24, 2.45) is 0 Å². The fourth-order valence-electron chi connectivity index (χ4n) is 1.15. The fourth-order valence-corrected chi connectivity index (χ4v) is 1.68. The van der Waals surface area contributed by atoms with Gasteiger partial charge in [-0.05, 0) is 36.8 Å². The Morgan fingerprint density at radius 1 is 1.25 bits per heavy atom. The molecule has 0 heterocycles. The van der Waals surface area contributed by atoms with Crippen LogP contribution in [0.3, 0.4) is 0 Å². The zero-order valence-corrected chi connectivity index (χ0v) is 8.71. The summed E-state index contributed by atoms with van der Waals surface area (Å²) in [5, 5.41) is 0.00475. The van der Waals surface area contributed by atoms with Crippen LogP contribution in [-0.2, 0) is 0 Å². The van der Waals surface area contributed by atoms with E-state index >= 15 is 0 Å². The molecule has 12 heavy (non-hydrogen) atoms. The van der Waals surface area contributed by atoms with E-state index in [1.807, 2.05) is 32.0 Å². The average molecular weight is 198 g/mol. The van der Waals surface area contributed by atoms with Gasteiger partial charge < -0.3 is 0 Å². The minimum Gasteiger partial charge on any atom is -0.281 e. The van der Waals surface area contributed by atoms with E-state index in [4.69, 9.17) is 0 Å². The Kier molecular flexibility index (Phi) is 3.23. The summed E-state index contributed by atoms with van der Waals surface area (Å²) in [7, 11) is 0.951. The van der Waals surface area contributed by atoms with Gasteiger partial charge in [0, 0.05) is 5.56 Å². The first-order chi connectivity index (χ1) is 5.63. The van der Waals surface area contributed by atoms with E-state index in [-0.39, 0.29) is 5.12 Å². The normalized spacial score (nSPS) is 9.92. The van der Waals surface area contributed by atoms with Crippen molar-refractivity contribution in [2.45, 2.75) is 13.8 Å². The molecular formula is C9H10OS2. The number of aryl methyl sites for hydroxylation is 2. The first-order valence-electron chi connectivity index (χ1n) is 3.57. The van der Waals surface area contributed by atoms with Gasteiger partial charge in [-0.3, -0.25) is 4.79 Å². The highest BCUT2D eigenvalue weighted by atomic mass is 33.1. The van der Waals surface area contributed by atoms with Gasteiger partial charge in [-0.2, -0.15) is 0 Å². The Bertz CT molecular complexity index is 287. The summed E-state index contributed by atoms with van der Waals surface area (Å²) in [5.41, 5.74) is 2.95. The standard InChI is InChI=1S/C9H10OS2/c1-6-3-7(2)5-8(4-6)9(10)12-11/h3-5,11H,1-2H3. The molecule has 1 aromatic carbocycles. The van der Waals surface area contributed by atoms with Gasteiger partial charge in [0.15, 0.2) is 0 Å². The van der Waals surface area contributed by atoms with Crippen molar-refractivity contribution in [2.75, 3.05) is 0 Å². The molecule has 3 heteroatoms. The molecule has 0 amide bonds. The lowest BCUT2D eigenvalue weighted by Gasteiger charge is -2.00. The second-order valence-corrected chi connectivity index (χ2v) is 3.86. The van der Waals surface area contributed by atoms with E-state index in [0.717, 1.165) is 27.5 Å². The lowest BCUT2D eigenvalue weighted by Crippen LogP contribution is -1.92. The van der Waals surface area contributed by atoms with Crippen molar-refractivity contribution in [3.63, 3.8) is 0 Å². The first kappa shape index (κ1) is 9.68. The summed E-state index contributed by atoms with van der Waals surface area (Å²) < 4.78 is 0. The highest BCUT2D eigenvalue weighted by molar-refractivity contribution is 8.75. The number of thiol groups is 1. The predicted molar refractivity (Wildman–Crippen MR) is 56.8 cm³/mol. The van der Waals surface area contributed by atoms with Gasteiger partial charge in [-0.1, -0.05) is 17.2 Å². The van der Waals surface area contributed by atoms with Gasteiger partial charge in [0.1, 0.15) is 0 Å². The number of carbonyl (C=O) groups excluding carboxylic acids is 1. The topological polar surface area (TPSA) is 17.1 Å². The molecule has 0 spiro atoms. The van der Waals surface area contributed by atoms with Gasteiger partial charge >= 0.3 is 0 Å². The molecule has 1 rings (SSSR count). The zero-order chi connectivity index (χ0) is 9.14. The molecule has 0 atom stereocenters. The van der Waals surface area contributed by atoms with Crippen LogP contribution >= 0.6 is 22.5 Å². The number of hydrogen-bond acceptors (Lipinski definition) is 3.